The summed E-state index contributed by atoms with van der Waals surface area (Å²) in [5, 5.41) is 13.2. The summed E-state index contributed by atoms with van der Waals surface area (Å²) in [4.78, 5) is 2.46. The fourth-order valence-corrected chi connectivity index (χ4v) is 2.83. The third-order valence-corrected chi connectivity index (χ3v) is 3.72. The van der Waals surface area contributed by atoms with E-state index in [0.717, 1.165) is 37.7 Å². The maximum atomic E-state index is 9.90. The molecule has 1 aromatic rings. The van der Waals surface area contributed by atoms with Crippen molar-refractivity contribution >= 4 is 0 Å². The van der Waals surface area contributed by atoms with E-state index >= 15 is 0 Å². The zero-order valence-electron chi connectivity index (χ0n) is 11.4. The average molecular weight is 248 g/mol. The smallest absolute Gasteiger partial charge is 0.120 e. The molecule has 1 aromatic carbocycles. The molecule has 0 amide bonds. The molecule has 2 rings (SSSR count). The second kappa shape index (κ2) is 6.21. The van der Waals surface area contributed by atoms with E-state index in [1.54, 1.807) is 6.07 Å². The summed E-state index contributed by atoms with van der Waals surface area (Å²) < 4.78 is 0. The van der Waals surface area contributed by atoms with Gasteiger partial charge in [0.05, 0.1) is 0 Å². The number of aryl methyl sites for hydroxylation is 1. The number of rotatable bonds is 4. The Balaban J connectivity index is 1.98. The highest BCUT2D eigenvalue weighted by molar-refractivity contribution is 5.35. The maximum Gasteiger partial charge on any atom is 0.120 e. The van der Waals surface area contributed by atoms with Crippen molar-refractivity contribution in [1.29, 1.82) is 0 Å². The second-order valence-electron chi connectivity index (χ2n) is 5.43. The monoisotopic (exact) mass is 248 g/mol. The van der Waals surface area contributed by atoms with Crippen molar-refractivity contribution in [3.63, 3.8) is 0 Å². The molecule has 1 aliphatic heterocycles. The number of nitrogens with one attached hydrogen (secondary N) is 1. The molecule has 0 spiro atoms. The fourth-order valence-electron chi connectivity index (χ4n) is 2.83. The van der Waals surface area contributed by atoms with Crippen molar-refractivity contribution in [2.45, 2.75) is 26.3 Å². The van der Waals surface area contributed by atoms with Crippen molar-refractivity contribution in [3.8, 4) is 5.75 Å². The Morgan fingerprint density at radius 3 is 3.06 bits per heavy atom. The highest BCUT2D eigenvalue weighted by atomic mass is 16.3. The Morgan fingerprint density at radius 2 is 2.28 bits per heavy atom. The quantitative estimate of drug-likeness (QED) is 0.857. The lowest BCUT2D eigenvalue weighted by Crippen LogP contribution is -2.38. The number of likely N-dealkylation sites (tertiary alicyclic amines) is 1. The van der Waals surface area contributed by atoms with Crippen LogP contribution in [-0.2, 0) is 6.54 Å². The normalized spacial score (nSPS) is 21.1. The number of piperidine rings is 1. The molecule has 1 saturated heterocycles. The summed E-state index contributed by atoms with van der Waals surface area (Å²) in [6.45, 7) is 6.31. The molecule has 0 bridgehead atoms. The van der Waals surface area contributed by atoms with Crippen LogP contribution in [0.2, 0.25) is 0 Å². The van der Waals surface area contributed by atoms with Gasteiger partial charge in [-0.2, -0.15) is 0 Å². The fraction of sp³-hybridized carbons (Fsp3) is 0.600. The number of phenols is 1. The van der Waals surface area contributed by atoms with Crippen LogP contribution in [0.15, 0.2) is 18.2 Å². The van der Waals surface area contributed by atoms with Crippen LogP contribution in [0.5, 0.6) is 5.75 Å². The van der Waals surface area contributed by atoms with Crippen molar-refractivity contribution < 1.29 is 5.11 Å². The van der Waals surface area contributed by atoms with Crippen LogP contribution in [0.1, 0.15) is 24.0 Å². The zero-order chi connectivity index (χ0) is 13.0. The van der Waals surface area contributed by atoms with Gasteiger partial charge in [-0.3, -0.25) is 4.90 Å². The highest BCUT2D eigenvalue weighted by Gasteiger charge is 2.20. The van der Waals surface area contributed by atoms with Gasteiger partial charge in [-0.1, -0.05) is 17.7 Å². The lowest BCUT2D eigenvalue weighted by atomic mass is 9.97. The molecule has 100 valence electrons. The highest BCUT2D eigenvalue weighted by Crippen LogP contribution is 2.23. The van der Waals surface area contributed by atoms with E-state index in [1.165, 1.54) is 18.4 Å². The van der Waals surface area contributed by atoms with Gasteiger partial charge in [0.15, 0.2) is 0 Å². The van der Waals surface area contributed by atoms with Gasteiger partial charge in [0, 0.05) is 18.7 Å². The van der Waals surface area contributed by atoms with Gasteiger partial charge in [-0.05, 0) is 51.9 Å². The summed E-state index contributed by atoms with van der Waals surface area (Å²) in [6, 6.07) is 5.86. The zero-order valence-corrected chi connectivity index (χ0v) is 11.4. The Kier molecular flexibility index (Phi) is 4.61. The third-order valence-electron chi connectivity index (χ3n) is 3.72. The van der Waals surface area contributed by atoms with Crippen molar-refractivity contribution in [2.24, 2.45) is 5.92 Å². The molecule has 3 heteroatoms. The number of nitrogens with zero attached hydrogens (tertiary/aromatic N) is 1. The molecular formula is C15H24N2O. The molecule has 0 saturated carbocycles. The summed E-state index contributed by atoms with van der Waals surface area (Å²) in [7, 11) is 2.02. The third kappa shape index (κ3) is 3.47. The lowest BCUT2D eigenvalue weighted by Gasteiger charge is -2.32. The van der Waals surface area contributed by atoms with E-state index in [1.807, 2.05) is 13.1 Å². The van der Waals surface area contributed by atoms with Gasteiger partial charge >= 0.3 is 0 Å². The first kappa shape index (κ1) is 13.4. The van der Waals surface area contributed by atoms with Crippen LogP contribution in [0.4, 0.5) is 0 Å². The topological polar surface area (TPSA) is 35.5 Å². The van der Waals surface area contributed by atoms with Crippen LogP contribution >= 0.6 is 0 Å². The Hall–Kier alpha value is -1.06. The van der Waals surface area contributed by atoms with Gasteiger partial charge < -0.3 is 10.4 Å². The number of benzene rings is 1. The summed E-state index contributed by atoms with van der Waals surface area (Å²) >= 11 is 0. The molecule has 1 fully saturated rings. The molecule has 1 atom stereocenters. The molecule has 0 aliphatic carbocycles. The standard InChI is InChI=1S/C15H24N2O/c1-12-5-6-15(18)14(8-12)11-17-7-3-4-13(10-17)9-16-2/h5-6,8,13,16,18H,3-4,7,9-11H2,1-2H3. The van der Waals surface area contributed by atoms with E-state index in [9.17, 15) is 5.11 Å². The first-order chi connectivity index (χ1) is 8.69. The Bertz CT molecular complexity index is 390. The van der Waals surface area contributed by atoms with Crippen LogP contribution in [0.3, 0.4) is 0 Å². The summed E-state index contributed by atoms with van der Waals surface area (Å²) in [5.74, 6) is 1.17. The SMILES string of the molecule is CNCC1CCCN(Cc2cc(C)ccc2O)C1. The van der Waals surface area contributed by atoms with Gasteiger partial charge in [-0.25, -0.2) is 0 Å². The van der Waals surface area contributed by atoms with Crippen molar-refractivity contribution in [3.05, 3.63) is 29.3 Å². The average Bonchev–Trinajstić information content (AvgIpc) is 2.35. The van der Waals surface area contributed by atoms with Gasteiger partial charge in [-0.15, -0.1) is 0 Å². The van der Waals surface area contributed by atoms with Crippen LogP contribution < -0.4 is 5.32 Å². The summed E-state index contributed by atoms with van der Waals surface area (Å²) in [5.41, 5.74) is 2.27. The van der Waals surface area contributed by atoms with Gasteiger partial charge in [0.25, 0.3) is 0 Å². The number of hydrogen-bond donors (Lipinski definition) is 2. The lowest BCUT2D eigenvalue weighted by molar-refractivity contribution is 0.165. The summed E-state index contributed by atoms with van der Waals surface area (Å²) in [6.07, 6.45) is 2.58. The van der Waals surface area contributed by atoms with E-state index in [2.05, 4.69) is 23.2 Å². The minimum Gasteiger partial charge on any atom is -0.508 e. The Morgan fingerprint density at radius 1 is 1.44 bits per heavy atom. The first-order valence-corrected chi connectivity index (χ1v) is 6.84. The molecule has 18 heavy (non-hydrogen) atoms. The molecule has 0 radical (unpaired) electrons. The maximum absolute atomic E-state index is 9.90. The molecular weight excluding hydrogens is 224 g/mol. The minimum absolute atomic E-state index is 0.427. The minimum atomic E-state index is 0.427. The van der Waals surface area contributed by atoms with E-state index in [4.69, 9.17) is 0 Å². The van der Waals surface area contributed by atoms with Crippen LogP contribution in [0, 0.1) is 12.8 Å². The predicted molar refractivity (Wildman–Crippen MR) is 74.8 cm³/mol. The molecule has 2 N–H and O–H groups in total. The van der Waals surface area contributed by atoms with Gasteiger partial charge in [0.2, 0.25) is 0 Å². The molecule has 1 heterocycles. The van der Waals surface area contributed by atoms with Crippen molar-refractivity contribution in [1.82, 2.24) is 10.2 Å². The van der Waals surface area contributed by atoms with Crippen LogP contribution in [0.25, 0.3) is 0 Å². The number of phenolic OH excluding ortho intramolecular Hbond substituents is 1. The van der Waals surface area contributed by atoms with Gasteiger partial charge in [0.1, 0.15) is 5.75 Å². The first-order valence-electron chi connectivity index (χ1n) is 6.84. The van der Waals surface area contributed by atoms with Crippen molar-refractivity contribution in [2.75, 3.05) is 26.7 Å². The molecule has 1 unspecified atom stereocenters. The van der Waals surface area contributed by atoms with E-state index < -0.39 is 0 Å². The largest absolute Gasteiger partial charge is 0.508 e. The van der Waals surface area contributed by atoms with Crippen LogP contribution in [-0.4, -0.2) is 36.7 Å². The van der Waals surface area contributed by atoms with E-state index in [0.29, 0.717) is 5.75 Å². The second-order valence-corrected chi connectivity index (χ2v) is 5.43. The number of hydrogen-bond acceptors (Lipinski definition) is 3. The Labute approximate surface area is 110 Å². The predicted octanol–water partition coefficient (Wildman–Crippen LogP) is 2.13. The number of aromatic hydroxyl groups is 1. The van der Waals surface area contributed by atoms with E-state index in [-0.39, 0.29) is 0 Å². The molecule has 1 aliphatic rings. The molecule has 3 nitrogen and oxygen atoms in total. The molecule has 0 aromatic heterocycles.